The van der Waals surface area contributed by atoms with Gasteiger partial charge in [-0.15, -0.1) is 11.3 Å². The van der Waals surface area contributed by atoms with Gasteiger partial charge in [0.05, 0.1) is 9.95 Å². The molecule has 9 heteroatoms. The van der Waals surface area contributed by atoms with Gasteiger partial charge in [-0.1, -0.05) is 23.2 Å². The molecule has 3 aromatic rings. The summed E-state index contributed by atoms with van der Waals surface area (Å²) < 4.78 is 2.52. The number of hydrogen-bond donors (Lipinski definition) is 0. The minimum absolute atomic E-state index is 0.000827. The van der Waals surface area contributed by atoms with E-state index < -0.39 is 4.92 Å². The predicted octanol–water partition coefficient (Wildman–Crippen LogP) is 5.04. The summed E-state index contributed by atoms with van der Waals surface area (Å²) in [4.78, 5) is 15.6. The van der Waals surface area contributed by atoms with Gasteiger partial charge in [-0.3, -0.25) is 14.5 Å². The number of imidazole rings is 1. The highest BCUT2D eigenvalue weighted by Gasteiger charge is 2.21. The SMILES string of the molecule is O=[N+]([O-])c1cc(-c2nc3sccn3c2Br)c(Cl)cc1Cl. The van der Waals surface area contributed by atoms with Crippen molar-refractivity contribution in [2.24, 2.45) is 0 Å². The zero-order valence-corrected chi connectivity index (χ0v) is 13.4. The zero-order chi connectivity index (χ0) is 14.4. The first-order valence-electron chi connectivity index (χ1n) is 5.24. The normalized spacial score (nSPS) is 11.2. The van der Waals surface area contributed by atoms with Crippen LogP contribution in [0.4, 0.5) is 5.69 Å². The Bertz CT molecular complexity index is 846. The minimum Gasteiger partial charge on any atom is -0.284 e. The average molecular weight is 393 g/mol. The van der Waals surface area contributed by atoms with Gasteiger partial charge in [0, 0.05) is 23.2 Å². The molecule has 0 bridgehead atoms. The Labute approximate surface area is 135 Å². The maximum Gasteiger partial charge on any atom is 0.288 e. The van der Waals surface area contributed by atoms with Gasteiger partial charge in [0.15, 0.2) is 4.96 Å². The molecule has 0 aliphatic carbocycles. The molecule has 0 aliphatic heterocycles. The van der Waals surface area contributed by atoms with Gasteiger partial charge in [0.1, 0.15) is 15.3 Å². The number of nitro benzene ring substituents is 1. The molecule has 5 nitrogen and oxygen atoms in total. The number of thiazole rings is 1. The van der Waals surface area contributed by atoms with E-state index in [-0.39, 0.29) is 10.7 Å². The van der Waals surface area contributed by atoms with Crippen molar-refractivity contribution in [1.29, 1.82) is 0 Å². The molecule has 0 spiro atoms. The van der Waals surface area contributed by atoms with Crippen LogP contribution in [-0.4, -0.2) is 14.3 Å². The summed E-state index contributed by atoms with van der Waals surface area (Å²) in [5.41, 5.74) is 0.807. The molecule has 0 atom stereocenters. The van der Waals surface area contributed by atoms with E-state index in [4.69, 9.17) is 23.2 Å². The number of rotatable bonds is 2. The van der Waals surface area contributed by atoms with Crippen molar-refractivity contribution in [3.63, 3.8) is 0 Å². The third kappa shape index (κ3) is 2.10. The van der Waals surface area contributed by atoms with Crippen LogP contribution in [-0.2, 0) is 0 Å². The lowest BCUT2D eigenvalue weighted by atomic mass is 10.1. The van der Waals surface area contributed by atoms with Gasteiger partial charge in [0.25, 0.3) is 5.69 Å². The summed E-state index contributed by atoms with van der Waals surface area (Å²) in [6.45, 7) is 0. The molecule has 1 aromatic carbocycles. The molecule has 0 fully saturated rings. The fraction of sp³-hybridized carbons (Fsp3) is 0. The van der Waals surface area contributed by atoms with E-state index in [0.29, 0.717) is 20.9 Å². The Kier molecular flexibility index (Phi) is 3.45. The Morgan fingerprint density at radius 1 is 1.35 bits per heavy atom. The van der Waals surface area contributed by atoms with Crippen LogP contribution in [0.3, 0.4) is 0 Å². The van der Waals surface area contributed by atoms with Gasteiger partial charge in [0.2, 0.25) is 0 Å². The molecule has 0 aliphatic rings. The first-order valence-corrected chi connectivity index (χ1v) is 7.66. The maximum absolute atomic E-state index is 11.0. The molecule has 102 valence electrons. The molecule has 2 aromatic heterocycles. The molecule has 0 saturated heterocycles. The topological polar surface area (TPSA) is 60.4 Å². The first kappa shape index (κ1) is 13.8. The Balaban J connectivity index is 2.28. The van der Waals surface area contributed by atoms with Crippen molar-refractivity contribution in [2.75, 3.05) is 0 Å². The fourth-order valence-corrected chi connectivity index (χ4v) is 3.75. The quantitative estimate of drug-likeness (QED) is 0.453. The van der Waals surface area contributed by atoms with Crippen LogP contribution in [0.1, 0.15) is 0 Å². The smallest absolute Gasteiger partial charge is 0.284 e. The average Bonchev–Trinajstić information content (AvgIpc) is 2.93. The van der Waals surface area contributed by atoms with Gasteiger partial charge in [-0.05, 0) is 22.0 Å². The number of nitro groups is 1. The highest BCUT2D eigenvalue weighted by molar-refractivity contribution is 9.10. The predicted molar refractivity (Wildman–Crippen MR) is 82.9 cm³/mol. The summed E-state index contributed by atoms with van der Waals surface area (Å²) in [6, 6.07) is 2.69. The van der Waals surface area contributed by atoms with Crippen LogP contribution in [0.5, 0.6) is 0 Å². The third-order valence-corrected chi connectivity index (χ3v) is 4.82. The second-order valence-electron chi connectivity index (χ2n) is 3.85. The molecule has 0 amide bonds. The van der Waals surface area contributed by atoms with Crippen LogP contribution < -0.4 is 0 Å². The molecular weight excluding hydrogens is 389 g/mol. The Morgan fingerprint density at radius 3 is 2.75 bits per heavy atom. The van der Waals surface area contributed by atoms with Crippen LogP contribution >= 0.6 is 50.5 Å². The fourth-order valence-electron chi connectivity index (χ4n) is 1.79. The van der Waals surface area contributed by atoms with Crippen LogP contribution in [0, 0.1) is 10.1 Å². The molecule has 0 saturated carbocycles. The summed E-state index contributed by atoms with van der Waals surface area (Å²) in [5, 5.41) is 13.2. The van der Waals surface area contributed by atoms with Crippen molar-refractivity contribution in [2.45, 2.75) is 0 Å². The maximum atomic E-state index is 11.0. The lowest BCUT2D eigenvalue weighted by molar-refractivity contribution is -0.384. The molecule has 20 heavy (non-hydrogen) atoms. The largest absolute Gasteiger partial charge is 0.288 e. The summed E-state index contributed by atoms with van der Waals surface area (Å²) in [6.07, 6.45) is 1.85. The number of benzene rings is 1. The van der Waals surface area contributed by atoms with Crippen LogP contribution in [0.15, 0.2) is 28.3 Å². The van der Waals surface area contributed by atoms with Gasteiger partial charge in [-0.2, -0.15) is 0 Å². The van der Waals surface area contributed by atoms with E-state index in [0.717, 1.165) is 4.96 Å². The standard InChI is InChI=1S/C11H4BrCl2N3O2S/c12-10-9(15-11-16(10)1-2-20-11)5-3-8(17(18)19)7(14)4-6(5)13/h1-4H. The monoisotopic (exact) mass is 391 g/mol. The van der Waals surface area contributed by atoms with Gasteiger partial charge in [-0.25, -0.2) is 4.98 Å². The van der Waals surface area contributed by atoms with Crippen molar-refractivity contribution in [3.8, 4) is 11.3 Å². The van der Waals surface area contributed by atoms with Gasteiger partial charge >= 0.3 is 0 Å². The third-order valence-electron chi connectivity index (χ3n) is 2.69. The first-order chi connectivity index (χ1) is 9.49. The lowest BCUT2D eigenvalue weighted by Crippen LogP contribution is -1.91. The van der Waals surface area contributed by atoms with E-state index in [1.807, 2.05) is 16.0 Å². The lowest BCUT2D eigenvalue weighted by Gasteiger charge is -2.03. The number of fused-ring (bicyclic) bond motifs is 1. The molecule has 0 N–H and O–H groups in total. The van der Waals surface area contributed by atoms with Crippen LogP contribution in [0.25, 0.3) is 16.2 Å². The highest BCUT2D eigenvalue weighted by atomic mass is 79.9. The summed E-state index contributed by atoms with van der Waals surface area (Å²) in [7, 11) is 0. The minimum atomic E-state index is -0.547. The van der Waals surface area contributed by atoms with E-state index >= 15 is 0 Å². The molecular formula is C11H4BrCl2N3O2S. The highest BCUT2D eigenvalue weighted by Crippen LogP contribution is 2.39. The molecule has 2 heterocycles. The van der Waals surface area contributed by atoms with E-state index in [9.17, 15) is 10.1 Å². The Hall–Kier alpha value is -1.15. The summed E-state index contributed by atoms with van der Waals surface area (Å²) in [5.74, 6) is 0. The number of nitrogens with zero attached hydrogens (tertiary/aromatic N) is 3. The summed E-state index contributed by atoms with van der Waals surface area (Å²) >= 11 is 16.8. The van der Waals surface area contributed by atoms with Crippen molar-refractivity contribution >= 4 is 61.1 Å². The van der Waals surface area contributed by atoms with Crippen molar-refractivity contribution in [3.05, 3.63) is 48.5 Å². The van der Waals surface area contributed by atoms with Crippen LogP contribution in [0.2, 0.25) is 10.0 Å². The van der Waals surface area contributed by atoms with E-state index in [2.05, 4.69) is 20.9 Å². The molecule has 0 radical (unpaired) electrons. The Morgan fingerprint density at radius 2 is 2.10 bits per heavy atom. The zero-order valence-electron chi connectivity index (χ0n) is 9.51. The van der Waals surface area contributed by atoms with E-state index in [1.54, 1.807) is 0 Å². The van der Waals surface area contributed by atoms with Gasteiger partial charge < -0.3 is 0 Å². The number of aromatic nitrogens is 2. The molecule has 0 unspecified atom stereocenters. The van der Waals surface area contributed by atoms with Crippen molar-refractivity contribution < 1.29 is 4.92 Å². The number of hydrogen-bond acceptors (Lipinski definition) is 4. The van der Waals surface area contributed by atoms with Crippen molar-refractivity contribution in [1.82, 2.24) is 9.38 Å². The second-order valence-corrected chi connectivity index (χ2v) is 6.29. The second kappa shape index (κ2) is 5.00. The number of halogens is 3. The van der Waals surface area contributed by atoms with E-state index in [1.165, 1.54) is 23.5 Å². The molecule has 3 rings (SSSR count).